The lowest BCUT2D eigenvalue weighted by molar-refractivity contribution is 0.626. The molecule has 0 radical (unpaired) electrons. The minimum Gasteiger partial charge on any atom is -0.354 e. The van der Waals surface area contributed by atoms with Gasteiger partial charge in [-0.15, -0.1) is 0 Å². The van der Waals surface area contributed by atoms with Crippen LogP contribution >= 0.6 is 86.9 Å². The van der Waals surface area contributed by atoms with E-state index in [-0.39, 0.29) is 5.82 Å². The molecule has 8 aromatic rings. The van der Waals surface area contributed by atoms with Crippen LogP contribution in [0.5, 0.6) is 0 Å². The van der Waals surface area contributed by atoms with E-state index in [9.17, 15) is 4.39 Å². The molecule has 2 aromatic heterocycles. The second-order valence-electron chi connectivity index (χ2n) is 12.0. The normalized spacial score (nSPS) is 11.2. The number of rotatable bonds is 1. The molecule has 1 N–H and O–H groups in total. The average Bonchev–Trinajstić information content (AvgIpc) is 3.55. The Kier molecular flexibility index (Phi) is 11.0. The first kappa shape index (κ1) is 36.2. The Bertz CT molecular complexity index is 2380. The van der Waals surface area contributed by atoms with Crippen LogP contribution in [0.15, 0.2) is 115 Å². The second-order valence-corrected chi connectivity index (χ2v) is 16.2. The van der Waals surface area contributed by atoms with Crippen LogP contribution in [0, 0.1) is 33.5 Å². The van der Waals surface area contributed by atoms with E-state index < -0.39 is 0 Å². The van der Waals surface area contributed by atoms with E-state index in [4.69, 9.17) is 23.2 Å². The fourth-order valence-electron chi connectivity index (χ4n) is 5.85. The number of halogens is 7. The Morgan fingerprint density at radius 3 is 1.24 bits per heavy atom. The van der Waals surface area contributed by atoms with Crippen LogP contribution in [0.3, 0.4) is 0 Å². The maximum absolute atomic E-state index is 12.5. The van der Waals surface area contributed by atoms with Gasteiger partial charge in [-0.25, -0.2) is 4.39 Å². The lowest BCUT2D eigenvalue weighted by Crippen LogP contribution is -1.95. The first-order chi connectivity index (χ1) is 23.3. The minimum atomic E-state index is -0.317. The number of nitrogens with zero attached hydrogens (tertiary/aromatic N) is 1. The fourth-order valence-corrected chi connectivity index (χ4v) is 8.36. The van der Waals surface area contributed by atoms with Crippen LogP contribution in [0.2, 0.25) is 10.0 Å². The summed E-state index contributed by atoms with van der Waals surface area (Å²) in [4.78, 5) is 3.46. The van der Waals surface area contributed by atoms with Crippen molar-refractivity contribution in [3.8, 4) is 5.69 Å². The fraction of sp³-hybridized carbons (Fsp3) is 0.100. The highest BCUT2D eigenvalue weighted by Crippen LogP contribution is 2.38. The van der Waals surface area contributed by atoms with Gasteiger partial charge in [0.05, 0.1) is 21.1 Å². The Labute approximate surface area is 328 Å². The molecule has 9 heteroatoms. The van der Waals surface area contributed by atoms with Gasteiger partial charge in [-0.3, -0.25) is 0 Å². The predicted octanol–water partition coefficient (Wildman–Crippen LogP) is 15.5. The Hall–Kier alpha value is -2.65. The molecule has 0 aliphatic heterocycles. The van der Waals surface area contributed by atoms with E-state index in [2.05, 4.69) is 186 Å². The minimum absolute atomic E-state index is 0.317. The van der Waals surface area contributed by atoms with Gasteiger partial charge >= 0.3 is 0 Å². The highest BCUT2D eigenvalue weighted by atomic mass is 79.9. The standard InChI is InChI=1S/C20H14Br2ClN.C14H13N.C6H2Br2ClF/c1-11-3-5-14-15-6-4-12(2)8-19(15)24(18(14)7-11)13-9-16(21)20(23)17(22)10-13;1-9-3-5-11-12-6-4-10(2)8-14(12)15-13(11)7-9;7-4-1-3(10)2-5(8)6(4)9/h3-10H,1-2H3;3-8,15H,1-2H3;1-2H. The molecule has 6 aromatic carbocycles. The van der Waals surface area contributed by atoms with Crippen molar-refractivity contribution in [2.45, 2.75) is 27.7 Å². The number of fused-ring (bicyclic) bond motifs is 6. The number of aromatic nitrogens is 2. The summed E-state index contributed by atoms with van der Waals surface area (Å²) in [5, 5.41) is 6.33. The zero-order valence-corrected chi connectivity index (χ0v) is 34.7. The van der Waals surface area contributed by atoms with E-state index in [1.165, 1.54) is 78.0 Å². The van der Waals surface area contributed by atoms with Crippen molar-refractivity contribution in [2.75, 3.05) is 0 Å². The van der Waals surface area contributed by atoms with Gasteiger partial charge < -0.3 is 9.55 Å². The largest absolute Gasteiger partial charge is 0.354 e. The molecule has 0 amide bonds. The van der Waals surface area contributed by atoms with Crippen molar-refractivity contribution in [2.24, 2.45) is 0 Å². The maximum Gasteiger partial charge on any atom is 0.125 e. The lowest BCUT2D eigenvalue weighted by atomic mass is 10.1. The quantitative estimate of drug-likeness (QED) is 0.125. The Morgan fingerprint density at radius 2 is 0.837 bits per heavy atom. The molecule has 0 bridgehead atoms. The zero-order chi connectivity index (χ0) is 35.1. The van der Waals surface area contributed by atoms with Crippen molar-refractivity contribution >= 4 is 131 Å². The molecule has 2 nitrogen and oxygen atoms in total. The molecule has 0 aliphatic rings. The van der Waals surface area contributed by atoms with Crippen molar-refractivity contribution in [3.63, 3.8) is 0 Å². The molecule has 0 fully saturated rings. The third-order valence-corrected chi connectivity index (χ3v) is 12.4. The van der Waals surface area contributed by atoms with Gasteiger partial charge in [0, 0.05) is 56.2 Å². The third kappa shape index (κ3) is 7.68. The van der Waals surface area contributed by atoms with Gasteiger partial charge in [0.15, 0.2) is 0 Å². The number of H-pyrrole nitrogens is 1. The molecule has 2 heterocycles. The summed E-state index contributed by atoms with van der Waals surface area (Å²) >= 11 is 25.3. The molecule has 49 heavy (non-hydrogen) atoms. The van der Waals surface area contributed by atoms with Crippen LogP contribution < -0.4 is 0 Å². The summed E-state index contributed by atoms with van der Waals surface area (Å²) in [6.45, 7) is 8.49. The summed E-state index contributed by atoms with van der Waals surface area (Å²) < 4.78 is 17.7. The van der Waals surface area contributed by atoms with E-state index in [1.807, 2.05) is 0 Å². The van der Waals surface area contributed by atoms with Crippen molar-refractivity contribution in [1.29, 1.82) is 0 Å². The van der Waals surface area contributed by atoms with E-state index >= 15 is 0 Å². The SMILES string of the molecule is Cc1ccc2c(c1)[nH]c1cc(C)ccc12.Cc1ccc2c3ccc(C)cc3n(-c3cc(Br)c(Cl)c(Br)c3)c2c1.Fc1cc(Br)c(Cl)c(Br)c1. The second kappa shape index (κ2) is 14.9. The van der Waals surface area contributed by atoms with Crippen LogP contribution in [-0.4, -0.2) is 9.55 Å². The molecule has 0 atom stereocenters. The van der Waals surface area contributed by atoms with Crippen LogP contribution in [0.25, 0.3) is 49.3 Å². The lowest BCUT2D eigenvalue weighted by Gasteiger charge is -2.11. The van der Waals surface area contributed by atoms with Gasteiger partial charge in [-0.1, -0.05) is 71.7 Å². The average molecular weight is 947 g/mol. The number of aromatic amines is 1. The summed E-state index contributed by atoms with van der Waals surface area (Å²) in [7, 11) is 0. The summed E-state index contributed by atoms with van der Waals surface area (Å²) in [5.74, 6) is -0.317. The number of aryl methyl sites for hydroxylation is 4. The summed E-state index contributed by atoms with van der Waals surface area (Å²) in [6, 6.07) is 33.1. The molecule has 0 saturated heterocycles. The van der Waals surface area contributed by atoms with Gasteiger partial charge in [0.1, 0.15) is 5.82 Å². The van der Waals surface area contributed by atoms with Crippen LogP contribution in [-0.2, 0) is 0 Å². The molecular weight excluding hydrogens is 918 g/mol. The van der Waals surface area contributed by atoms with Gasteiger partial charge in [0.25, 0.3) is 0 Å². The predicted molar refractivity (Wildman–Crippen MR) is 223 cm³/mol. The van der Waals surface area contributed by atoms with Gasteiger partial charge in [-0.2, -0.15) is 0 Å². The highest BCUT2D eigenvalue weighted by Gasteiger charge is 2.15. The molecule has 248 valence electrons. The number of hydrogen-bond acceptors (Lipinski definition) is 0. The molecule has 0 aliphatic carbocycles. The number of hydrogen-bond donors (Lipinski definition) is 1. The highest BCUT2D eigenvalue weighted by molar-refractivity contribution is 9.11. The summed E-state index contributed by atoms with van der Waals surface area (Å²) in [6.07, 6.45) is 0. The van der Waals surface area contributed by atoms with Gasteiger partial charge in [-0.05, 0) is 162 Å². The van der Waals surface area contributed by atoms with Crippen LogP contribution in [0.1, 0.15) is 22.3 Å². The summed E-state index contributed by atoms with van der Waals surface area (Å²) in [5.41, 5.74) is 11.0. The molecular formula is C40H29Br4Cl2FN2. The topological polar surface area (TPSA) is 20.7 Å². The van der Waals surface area contributed by atoms with Crippen molar-refractivity contribution in [3.05, 3.63) is 153 Å². The molecule has 0 unspecified atom stereocenters. The third-order valence-electron chi connectivity index (χ3n) is 8.16. The number of nitrogens with one attached hydrogen (secondary N) is 1. The van der Waals surface area contributed by atoms with E-state index in [0.29, 0.717) is 19.0 Å². The Balaban J connectivity index is 0.000000142. The van der Waals surface area contributed by atoms with E-state index in [1.54, 1.807) is 0 Å². The smallest absolute Gasteiger partial charge is 0.125 e. The zero-order valence-electron chi connectivity index (χ0n) is 26.8. The molecule has 0 saturated carbocycles. The first-order valence-corrected chi connectivity index (χ1v) is 19.2. The Morgan fingerprint density at radius 1 is 0.490 bits per heavy atom. The first-order valence-electron chi connectivity index (χ1n) is 15.3. The molecule has 0 spiro atoms. The van der Waals surface area contributed by atoms with Gasteiger partial charge in [0.2, 0.25) is 0 Å². The number of benzene rings is 6. The van der Waals surface area contributed by atoms with Crippen molar-refractivity contribution in [1.82, 2.24) is 9.55 Å². The monoisotopic (exact) mass is 942 g/mol. The van der Waals surface area contributed by atoms with Crippen LogP contribution in [0.4, 0.5) is 4.39 Å². The maximum atomic E-state index is 12.5. The van der Waals surface area contributed by atoms with Crippen molar-refractivity contribution < 1.29 is 4.39 Å². The van der Waals surface area contributed by atoms with E-state index in [0.717, 1.165) is 14.6 Å². The molecule has 8 rings (SSSR count).